The number of amides is 1. The third-order valence-electron chi connectivity index (χ3n) is 3.20. The van der Waals surface area contributed by atoms with Crippen LogP contribution in [0.2, 0.25) is 0 Å². The molecule has 1 atom stereocenters. The summed E-state index contributed by atoms with van der Waals surface area (Å²) in [7, 11) is 0. The molecule has 6 N–H and O–H groups in total. The van der Waals surface area contributed by atoms with Crippen LogP contribution in [-0.4, -0.2) is 16.2 Å². The standard InChI is InChI=1S/C16H18N4O2/c1-2-3-13(17)15-8-10(6-7-19-15)12-5-4-11(9-14(12)18)20-16(21)22/h2,4-9,13,20H,1,3,17-18H2,(H,21,22). The molecule has 0 saturated carbocycles. The van der Waals surface area contributed by atoms with Crippen LogP contribution < -0.4 is 16.8 Å². The minimum absolute atomic E-state index is 0.216. The number of hydrogen-bond donors (Lipinski definition) is 4. The quantitative estimate of drug-likeness (QED) is 0.500. The van der Waals surface area contributed by atoms with Crippen LogP contribution in [0.3, 0.4) is 0 Å². The Morgan fingerprint density at radius 2 is 2.18 bits per heavy atom. The van der Waals surface area contributed by atoms with Gasteiger partial charge in [0, 0.05) is 23.1 Å². The number of benzene rings is 1. The summed E-state index contributed by atoms with van der Waals surface area (Å²) in [5.41, 5.74) is 15.4. The zero-order valence-corrected chi connectivity index (χ0v) is 12.0. The van der Waals surface area contributed by atoms with Crippen molar-refractivity contribution in [3.63, 3.8) is 0 Å². The molecule has 6 heteroatoms. The molecule has 0 bridgehead atoms. The van der Waals surface area contributed by atoms with Gasteiger partial charge in [-0.3, -0.25) is 10.3 Å². The molecule has 0 spiro atoms. The van der Waals surface area contributed by atoms with Gasteiger partial charge in [0.2, 0.25) is 0 Å². The van der Waals surface area contributed by atoms with Crippen LogP contribution >= 0.6 is 0 Å². The van der Waals surface area contributed by atoms with Gasteiger partial charge in [0.05, 0.1) is 11.7 Å². The zero-order chi connectivity index (χ0) is 16.1. The smallest absolute Gasteiger partial charge is 0.409 e. The van der Waals surface area contributed by atoms with Crippen LogP contribution in [0.4, 0.5) is 16.2 Å². The molecule has 0 saturated heterocycles. The number of carbonyl (C=O) groups is 1. The first-order chi connectivity index (χ1) is 10.5. The number of rotatable bonds is 5. The summed E-state index contributed by atoms with van der Waals surface area (Å²) in [6.07, 6.45) is 2.93. The van der Waals surface area contributed by atoms with Crippen LogP contribution in [-0.2, 0) is 0 Å². The average Bonchev–Trinajstić information content (AvgIpc) is 2.47. The number of aromatic nitrogens is 1. The third kappa shape index (κ3) is 3.62. The average molecular weight is 298 g/mol. The maximum absolute atomic E-state index is 10.6. The van der Waals surface area contributed by atoms with E-state index in [0.29, 0.717) is 17.8 Å². The fourth-order valence-corrected chi connectivity index (χ4v) is 2.15. The molecule has 0 aliphatic heterocycles. The van der Waals surface area contributed by atoms with Crippen LogP contribution in [0, 0.1) is 0 Å². The maximum Gasteiger partial charge on any atom is 0.409 e. The second-order valence-corrected chi connectivity index (χ2v) is 4.83. The maximum atomic E-state index is 10.6. The van der Waals surface area contributed by atoms with Crippen molar-refractivity contribution in [3.8, 4) is 11.1 Å². The molecule has 0 radical (unpaired) electrons. The van der Waals surface area contributed by atoms with E-state index in [-0.39, 0.29) is 6.04 Å². The highest BCUT2D eigenvalue weighted by Gasteiger charge is 2.10. The van der Waals surface area contributed by atoms with Crippen molar-refractivity contribution in [2.75, 3.05) is 11.1 Å². The SMILES string of the molecule is C=CCC(N)c1cc(-c2ccc(NC(=O)O)cc2N)ccn1. The molecule has 22 heavy (non-hydrogen) atoms. The number of nitrogens with zero attached hydrogens (tertiary/aromatic N) is 1. The van der Waals surface area contributed by atoms with Crippen molar-refractivity contribution >= 4 is 17.5 Å². The minimum Gasteiger partial charge on any atom is -0.465 e. The van der Waals surface area contributed by atoms with E-state index >= 15 is 0 Å². The third-order valence-corrected chi connectivity index (χ3v) is 3.20. The molecule has 0 fully saturated rings. The van der Waals surface area contributed by atoms with E-state index in [1.807, 2.05) is 12.1 Å². The molecule has 0 aliphatic rings. The Bertz CT molecular complexity index is 700. The number of nitrogen functional groups attached to an aromatic ring is 1. The Kier molecular flexibility index (Phi) is 4.75. The van der Waals surface area contributed by atoms with Gasteiger partial charge in [-0.15, -0.1) is 6.58 Å². The van der Waals surface area contributed by atoms with Gasteiger partial charge in [0.15, 0.2) is 0 Å². The fraction of sp³-hybridized carbons (Fsp3) is 0.125. The summed E-state index contributed by atoms with van der Waals surface area (Å²) in [6.45, 7) is 3.67. The molecule has 1 unspecified atom stereocenters. The highest BCUT2D eigenvalue weighted by Crippen LogP contribution is 2.29. The van der Waals surface area contributed by atoms with Crippen molar-refractivity contribution in [2.24, 2.45) is 5.73 Å². The molecule has 2 aromatic rings. The Balaban J connectivity index is 2.33. The molecule has 1 aromatic carbocycles. The highest BCUT2D eigenvalue weighted by molar-refractivity contribution is 5.86. The van der Waals surface area contributed by atoms with Crippen molar-refractivity contribution in [2.45, 2.75) is 12.5 Å². The summed E-state index contributed by atoms with van der Waals surface area (Å²) < 4.78 is 0. The molecular weight excluding hydrogens is 280 g/mol. The van der Waals surface area contributed by atoms with Crippen LogP contribution in [0.15, 0.2) is 49.2 Å². The summed E-state index contributed by atoms with van der Waals surface area (Å²) in [6, 6.07) is 8.49. The van der Waals surface area contributed by atoms with Gasteiger partial charge >= 0.3 is 6.09 Å². The normalized spacial score (nSPS) is 11.7. The highest BCUT2D eigenvalue weighted by atomic mass is 16.4. The fourth-order valence-electron chi connectivity index (χ4n) is 2.15. The molecule has 1 aromatic heterocycles. The van der Waals surface area contributed by atoms with Gasteiger partial charge < -0.3 is 16.6 Å². The van der Waals surface area contributed by atoms with Gasteiger partial charge in [0.25, 0.3) is 0 Å². The molecular formula is C16H18N4O2. The Hall–Kier alpha value is -2.86. The lowest BCUT2D eigenvalue weighted by atomic mass is 10.0. The lowest BCUT2D eigenvalue weighted by Crippen LogP contribution is -2.11. The Labute approximate surface area is 128 Å². The van der Waals surface area contributed by atoms with E-state index < -0.39 is 6.09 Å². The first kappa shape index (κ1) is 15.5. The van der Waals surface area contributed by atoms with E-state index in [4.69, 9.17) is 16.6 Å². The lowest BCUT2D eigenvalue weighted by Gasteiger charge is -2.12. The zero-order valence-electron chi connectivity index (χ0n) is 12.0. The lowest BCUT2D eigenvalue weighted by molar-refractivity contribution is 0.210. The number of nitrogens with two attached hydrogens (primary N) is 2. The van der Waals surface area contributed by atoms with Gasteiger partial charge in [-0.05, 0) is 36.2 Å². The Morgan fingerprint density at radius 1 is 1.41 bits per heavy atom. The summed E-state index contributed by atoms with van der Waals surface area (Å²) in [5, 5.41) is 11.0. The second kappa shape index (κ2) is 6.73. The number of pyridine rings is 1. The first-order valence-corrected chi connectivity index (χ1v) is 6.73. The Morgan fingerprint density at radius 3 is 2.82 bits per heavy atom. The van der Waals surface area contributed by atoms with Gasteiger partial charge in [-0.1, -0.05) is 12.1 Å². The number of carboxylic acid groups (broad SMARTS) is 1. The number of anilines is 2. The number of nitrogens with one attached hydrogen (secondary N) is 1. The molecule has 1 heterocycles. The monoisotopic (exact) mass is 298 g/mol. The summed E-state index contributed by atoms with van der Waals surface area (Å²) >= 11 is 0. The van der Waals surface area contributed by atoms with E-state index in [1.54, 1.807) is 30.5 Å². The van der Waals surface area contributed by atoms with Gasteiger partial charge in [0.1, 0.15) is 0 Å². The number of hydrogen-bond acceptors (Lipinski definition) is 4. The molecule has 6 nitrogen and oxygen atoms in total. The molecule has 0 aliphatic carbocycles. The molecule has 114 valence electrons. The van der Waals surface area contributed by atoms with Gasteiger partial charge in [-0.25, -0.2) is 4.79 Å². The summed E-state index contributed by atoms with van der Waals surface area (Å²) in [5.74, 6) is 0. The largest absolute Gasteiger partial charge is 0.465 e. The summed E-state index contributed by atoms with van der Waals surface area (Å²) in [4.78, 5) is 14.9. The van der Waals surface area contributed by atoms with Crippen molar-refractivity contribution in [3.05, 3.63) is 54.9 Å². The predicted molar refractivity (Wildman–Crippen MR) is 87.5 cm³/mol. The van der Waals surface area contributed by atoms with Gasteiger partial charge in [-0.2, -0.15) is 0 Å². The van der Waals surface area contributed by atoms with E-state index in [0.717, 1.165) is 16.8 Å². The second-order valence-electron chi connectivity index (χ2n) is 4.83. The van der Waals surface area contributed by atoms with E-state index in [1.165, 1.54) is 0 Å². The van der Waals surface area contributed by atoms with Crippen molar-refractivity contribution in [1.82, 2.24) is 4.98 Å². The molecule has 1 amide bonds. The topological polar surface area (TPSA) is 114 Å². The minimum atomic E-state index is -1.13. The van der Waals surface area contributed by atoms with Crippen LogP contribution in [0.5, 0.6) is 0 Å². The van der Waals surface area contributed by atoms with E-state index in [9.17, 15) is 4.79 Å². The predicted octanol–water partition coefficient (Wildman–Crippen LogP) is 3.00. The van der Waals surface area contributed by atoms with E-state index in [2.05, 4.69) is 16.9 Å². The van der Waals surface area contributed by atoms with Crippen molar-refractivity contribution in [1.29, 1.82) is 0 Å². The van der Waals surface area contributed by atoms with Crippen molar-refractivity contribution < 1.29 is 9.90 Å². The van der Waals surface area contributed by atoms with Crippen LogP contribution in [0.25, 0.3) is 11.1 Å². The van der Waals surface area contributed by atoms with Crippen LogP contribution in [0.1, 0.15) is 18.2 Å². The first-order valence-electron chi connectivity index (χ1n) is 6.73. The molecule has 2 rings (SSSR count).